The first kappa shape index (κ1) is 19.2. The Balaban J connectivity index is 2.19. The molecule has 0 aliphatic carbocycles. The molecule has 0 aliphatic heterocycles. The van der Waals surface area contributed by atoms with E-state index in [1.54, 1.807) is 0 Å². The summed E-state index contributed by atoms with van der Waals surface area (Å²) >= 11 is 3.50. The molecule has 2 nitrogen and oxygen atoms in total. The number of rotatable bonds is 6. The lowest BCUT2D eigenvalue weighted by Crippen LogP contribution is -2.42. The Morgan fingerprint density at radius 3 is 2.08 bits per heavy atom. The first-order valence-electron chi connectivity index (χ1n) is 8.30. The zero-order valence-electron chi connectivity index (χ0n) is 15.2. The lowest BCUT2D eigenvalue weighted by molar-refractivity contribution is 0.115. The van der Waals surface area contributed by atoms with Gasteiger partial charge >= 0.3 is 0 Å². The molecule has 0 saturated heterocycles. The molecule has 0 amide bonds. The molecule has 0 spiro atoms. The van der Waals surface area contributed by atoms with Gasteiger partial charge in [0.15, 0.2) is 8.32 Å². The summed E-state index contributed by atoms with van der Waals surface area (Å²) in [5.41, 5.74) is 1.15. The number of halogens is 1. The van der Waals surface area contributed by atoms with Crippen LogP contribution in [0.5, 0.6) is 5.75 Å². The fourth-order valence-corrected chi connectivity index (χ4v) is 3.63. The van der Waals surface area contributed by atoms with E-state index in [4.69, 9.17) is 9.16 Å². The standard InChI is InChI=1S/C20H27BrO2Si/c1-20(2,3)24(4,5)23-19(16-11-13-17(21)14-12-16)15-22-18-9-7-6-8-10-18/h6-14,19H,15H2,1-5H3. The minimum Gasteiger partial charge on any atom is -0.491 e. The van der Waals surface area contributed by atoms with Crippen molar-refractivity contribution in [2.75, 3.05) is 6.61 Å². The molecule has 2 aromatic carbocycles. The topological polar surface area (TPSA) is 18.5 Å². The molecule has 0 aliphatic rings. The van der Waals surface area contributed by atoms with Crippen molar-refractivity contribution in [3.63, 3.8) is 0 Å². The van der Waals surface area contributed by atoms with E-state index in [1.807, 2.05) is 30.3 Å². The van der Waals surface area contributed by atoms with Crippen molar-refractivity contribution in [1.82, 2.24) is 0 Å². The quantitative estimate of drug-likeness (QED) is 0.503. The van der Waals surface area contributed by atoms with Gasteiger partial charge in [-0.25, -0.2) is 0 Å². The van der Waals surface area contributed by atoms with Gasteiger partial charge < -0.3 is 9.16 Å². The summed E-state index contributed by atoms with van der Waals surface area (Å²) in [4.78, 5) is 0. The molecule has 0 radical (unpaired) electrons. The van der Waals surface area contributed by atoms with E-state index in [2.05, 4.69) is 74.1 Å². The van der Waals surface area contributed by atoms with Crippen molar-refractivity contribution in [2.45, 2.75) is 45.0 Å². The van der Waals surface area contributed by atoms with Crippen molar-refractivity contribution >= 4 is 24.2 Å². The van der Waals surface area contributed by atoms with Gasteiger partial charge in [-0.15, -0.1) is 0 Å². The number of benzene rings is 2. The molecule has 24 heavy (non-hydrogen) atoms. The number of ether oxygens (including phenoxy) is 1. The normalized spacial score (nSPS) is 13.6. The maximum atomic E-state index is 6.65. The molecule has 130 valence electrons. The van der Waals surface area contributed by atoms with Crippen LogP contribution in [0, 0.1) is 0 Å². The predicted octanol–water partition coefficient (Wildman–Crippen LogP) is 6.59. The van der Waals surface area contributed by atoms with Gasteiger partial charge in [0.05, 0.1) is 0 Å². The van der Waals surface area contributed by atoms with Crippen molar-refractivity contribution in [3.05, 3.63) is 64.6 Å². The van der Waals surface area contributed by atoms with Gasteiger partial charge in [0.2, 0.25) is 0 Å². The van der Waals surface area contributed by atoms with Crippen LogP contribution in [0.3, 0.4) is 0 Å². The van der Waals surface area contributed by atoms with Crippen LogP contribution in [-0.2, 0) is 4.43 Å². The molecule has 1 atom stereocenters. The molecule has 0 heterocycles. The van der Waals surface area contributed by atoms with Crippen molar-refractivity contribution < 1.29 is 9.16 Å². The fraction of sp³-hybridized carbons (Fsp3) is 0.400. The van der Waals surface area contributed by atoms with Gasteiger partial charge in [0, 0.05) is 4.47 Å². The second-order valence-electron chi connectivity index (χ2n) is 7.54. The third-order valence-corrected chi connectivity index (χ3v) is 9.64. The SMILES string of the molecule is CC(C)(C)[Si](C)(C)OC(COc1ccccc1)c1ccc(Br)cc1. The summed E-state index contributed by atoms with van der Waals surface area (Å²) in [6, 6.07) is 18.2. The maximum Gasteiger partial charge on any atom is 0.193 e. The van der Waals surface area contributed by atoms with Crippen LogP contribution in [0.1, 0.15) is 32.4 Å². The molecular formula is C20H27BrO2Si. The highest BCUT2D eigenvalue weighted by atomic mass is 79.9. The molecule has 2 rings (SSSR count). The number of hydrogen-bond donors (Lipinski definition) is 0. The van der Waals surface area contributed by atoms with Crippen LogP contribution in [-0.4, -0.2) is 14.9 Å². The lowest BCUT2D eigenvalue weighted by Gasteiger charge is -2.39. The van der Waals surface area contributed by atoms with Crippen molar-refractivity contribution in [2.24, 2.45) is 0 Å². The molecule has 0 fully saturated rings. The Hall–Kier alpha value is -1.10. The molecular weight excluding hydrogens is 380 g/mol. The van der Waals surface area contributed by atoms with E-state index >= 15 is 0 Å². The average molecular weight is 407 g/mol. The van der Waals surface area contributed by atoms with Gasteiger partial charge in [0.1, 0.15) is 18.5 Å². The first-order chi connectivity index (χ1) is 11.2. The van der Waals surface area contributed by atoms with Gasteiger partial charge in [-0.3, -0.25) is 0 Å². The van der Waals surface area contributed by atoms with Gasteiger partial charge in [0.25, 0.3) is 0 Å². The van der Waals surface area contributed by atoms with Crippen molar-refractivity contribution in [3.8, 4) is 5.75 Å². The van der Waals surface area contributed by atoms with Crippen LogP contribution < -0.4 is 4.74 Å². The Bertz CT molecular complexity index is 633. The van der Waals surface area contributed by atoms with Crippen LogP contribution in [0.25, 0.3) is 0 Å². The summed E-state index contributed by atoms with van der Waals surface area (Å²) in [7, 11) is -1.89. The summed E-state index contributed by atoms with van der Waals surface area (Å²) < 4.78 is 13.7. The van der Waals surface area contributed by atoms with Crippen molar-refractivity contribution in [1.29, 1.82) is 0 Å². The summed E-state index contributed by atoms with van der Waals surface area (Å²) in [6.45, 7) is 11.8. The molecule has 2 aromatic rings. The molecule has 0 N–H and O–H groups in total. The van der Waals surface area contributed by atoms with Gasteiger partial charge in [-0.1, -0.05) is 67.0 Å². The van der Waals surface area contributed by atoms with Crippen LogP contribution >= 0.6 is 15.9 Å². The van der Waals surface area contributed by atoms with E-state index in [1.165, 1.54) is 0 Å². The third-order valence-electron chi connectivity index (χ3n) is 4.63. The average Bonchev–Trinajstić information content (AvgIpc) is 2.52. The maximum absolute atomic E-state index is 6.65. The van der Waals surface area contributed by atoms with E-state index in [0.717, 1.165) is 15.8 Å². The summed E-state index contributed by atoms with van der Waals surface area (Å²) in [5.74, 6) is 0.874. The second kappa shape index (κ2) is 7.85. The highest BCUT2D eigenvalue weighted by molar-refractivity contribution is 9.10. The van der Waals surface area contributed by atoms with Crippen LogP contribution in [0.2, 0.25) is 18.1 Å². The Morgan fingerprint density at radius 1 is 0.958 bits per heavy atom. The summed E-state index contributed by atoms with van der Waals surface area (Å²) in [5, 5.41) is 0.160. The second-order valence-corrected chi connectivity index (χ2v) is 13.2. The molecule has 1 unspecified atom stereocenters. The third kappa shape index (κ3) is 5.20. The molecule has 0 saturated carbocycles. The van der Waals surface area contributed by atoms with Crippen LogP contribution in [0.4, 0.5) is 0 Å². The monoisotopic (exact) mass is 406 g/mol. The lowest BCUT2D eigenvalue weighted by atomic mass is 10.1. The molecule has 0 aromatic heterocycles. The predicted molar refractivity (Wildman–Crippen MR) is 107 cm³/mol. The highest BCUT2D eigenvalue weighted by Gasteiger charge is 2.39. The zero-order valence-corrected chi connectivity index (χ0v) is 17.8. The Labute approximate surface area is 155 Å². The van der Waals surface area contributed by atoms with E-state index in [0.29, 0.717) is 6.61 Å². The van der Waals surface area contributed by atoms with Gasteiger partial charge in [-0.05, 0) is 48.0 Å². The molecule has 0 bridgehead atoms. The number of para-hydroxylation sites is 1. The molecule has 4 heteroatoms. The minimum atomic E-state index is -1.89. The largest absolute Gasteiger partial charge is 0.491 e. The van der Waals surface area contributed by atoms with Gasteiger partial charge in [-0.2, -0.15) is 0 Å². The Kier molecular flexibility index (Phi) is 6.29. The smallest absolute Gasteiger partial charge is 0.193 e. The Morgan fingerprint density at radius 2 is 1.54 bits per heavy atom. The van der Waals surface area contributed by atoms with E-state index in [9.17, 15) is 0 Å². The van der Waals surface area contributed by atoms with E-state index < -0.39 is 8.32 Å². The van der Waals surface area contributed by atoms with E-state index in [-0.39, 0.29) is 11.1 Å². The zero-order chi connectivity index (χ0) is 17.8. The minimum absolute atomic E-state index is 0.0702. The highest BCUT2D eigenvalue weighted by Crippen LogP contribution is 2.40. The fourth-order valence-electron chi connectivity index (χ4n) is 2.10. The summed E-state index contributed by atoms with van der Waals surface area (Å²) in [6.07, 6.45) is -0.0702. The number of hydrogen-bond acceptors (Lipinski definition) is 2. The van der Waals surface area contributed by atoms with Crippen LogP contribution in [0.15, 0.2) is 59.1 Å². The first-order valence-corrected chi connectivity index (χ1v) is 12.0.